The molecule has 2 aromatic heterocycles. The van der Waals surface area contributed by atoms with Gasteiger partial charge in [-0.1, -0.05) is 5.16 Å². The molecule has 0 amide bonds. The van der Waals surface area contributed by atoms with Crippen molar-refractivity contribution in [2.24, 2.45) is 7.05 Å². The Bertz CT molecular complexity index is 483. The molecule has 1 aliphatic rings. The van der Waals surface area contributed by atoms with Crippen LogP contribution in [0.25, 0.3) is 11.6 Å². The average Bonchev–Trinajstić information content (AvgIpc) is 2.96. The van der Waals surface area contributed by atoms with Gasteiger partial charge in [0.05, 0.1) is 5.92 Å². The van der Waals surface area contributed by atoms with Crippen LogP contribution >= 0.6 is 0 Å². The smallest absolute Gasteiger partial charge is 0.238 e. The third kappa shape index (κ3) is 1.51. The predicted molar refractivity (Wildman–Crippen MR) is 56.7 cm³/mol. The Balaban J connectivity index is 1.90. The van der Waals surface area contributed by atoms with Gasteiger partial charge in [0.2, 0.25) is 11.7 Å². The van der Waals surface area contributed by atoms with Crippen LogP contribution in [-0.2, 0) is 7.05 Å². The number of imidazole rings is 1. The number of aryl methyl sites for hydroxylation is 1. The number of rotatable bonds is 2. The largest absolute Gasteiger partial charge is 0.339 e. The standard InChI is InChI=1S/C10H13N5O/c1-15-5-4-12-9(15)8-13-10(16-14-8)7-2-3-11-6-7/h4-5,7,11H,2-3,6H2,1H3. The monoisotopic (exact) mass is 219 g/mol. The molecule has 3 rings (SSSR count). The van der Waals surface area contributed by atoms with Gasteiger partial charge in [0, 0.05) is 26.0 Å². The summed E-state index contributed by atoms with van der Waals surface area (Å²) in [5.74, 6) is 2.36. The van der Waals surface area contributed by atoms with E-state index in [1.165, 1.54) is 0 Å². The maximum atomic E-state index is 5.27. The van der Waals surface area contributed by atoms with E-state index < -0.39 is 0 Å². The van der Waals surface area contributed by atoms with Crippen molar-refractivity contribution in [1.29, 1.82) is 0 Å². The fourth-order valence-electron chi connectivity index (χ4n) is 1.94. The van der Waals surface area contributed by atoms with Crippen molar-refractivity contribution >= 4 is 0 Å². The minimum Gasteiger partial charge on any atom is -0.339 e. The van der Waals surface area contributed by atoms with Crippen LogP contribution in [0.4, 0.5) is 0 Å². The lowest BCUT2D eigenvalue weighted by atomic mass is 10.1. The van der Waals surface area contributed by atoms with E-state index in [0.29, 0.717) is 17.6 Å². The van der Waals surface area contributed by atoms with Crippen molar-refractivity contribution in [3.05, 3.63) is 18.3 Å². The number of aromatic nitrogens is 4. The summed E-state index contributed by atoms with van der Waals surface area (Å²) in [5, 5.41) is 7.24. The summed E-state index contributed by atoms with van der Waals surface area (Å²) in [6.07, 6.45) is 4.65. The highest BCUT2D eigenvalue weighted by Crippen LogP contribution is 2.22. The third-order valence-corrected chi connectivity index (χ3v) is 2.87. The van der Waals surface area contributed by atoms with Gasteiger partial charge < -0.3 is 14.4 Å². The van der Waals surface area contributed by atoms with Crippen LogP contribution in [-0.4, -0.2) is 32.8 Å². The third-order valence-electron chi connectivity index (χ3n) is 2.87. The van der Waals surface area contributed by atoms with Crippen molar-refractivity contribution in [2.45, 2.75) is 12.3 Å². The first-order valence-electron chi connectivity index (χ1n) is 5.36. The predicted octanol–water partition coefficient (Wildman–Crippen LogP) is 0.547. The average molecular weight is 219 g/mol. The zero-order chi connectivity index (χ0) is 11.0. The Morgan fingerprint density at radius 3 is 3.19 bits per heavy atom. The molecule has 0 bridgehead atoms. The Kier molecular flexibility index (Phi) is 2.21. The summed E-state index contributed by atoms with van der Waals surface area (Å²) in [4.78, 5) is 8.58. The van der Waals surface area contributed by atoms with Gasteiger partial charge in [-0.25, -0.2) is 4.98 Å². The molecule has 0 aliphatic carbocycles. The lowest BCUT2D eigenvalue weighted by molar-refractivity contribution is 0.359. The molecule has 6 nitrogen and oxygen atoms in total. The molecular formula is C10H13N5O. The topological polar surface area (TPSA) is 68.8 Å². The lowest BCUT2D eigenvalue weighted by Crippen LogP contribution is -2.08. The molecule has 1 fully saturated rings. The molecule has 1 unspecified atom stereocenters. The number of hydrogen-bond donors (Lipinski definition) is 1. The second-order valence-electron chi connectivity index (χ2n) is 4.01. The highest BCUT2D eigenvalue weighted by atomic mass is 16.5. The molecule has 6 heteroatoms. The maximum absolute atomic E-state index is 5.27. The molecule has 1 atom stereocenters. The first-order valence-corrected chi connectivity index (χ1v) is 5.36. The molecule has 84 valence electrons. The van der Waals surface area contributed by atoms with Gasteiger partial charge in [-0.3, -0.25) is 0 Å². The molecule has 3 heterocycles. The van der Waals surface area contributed by atoms with E-state index in [0.717, 1.165) is 25.3 Å². The Hall–Kier alpha value is -1.69. The summed E-state index contributed by atoms with van der Waals surface area (Å²) >= 11 is 0. The van der Waals surface area contributed by atoms with E-state index in [2.05, 4.69) is 20.4 Å². The lowest BCUT2D eigenvalue weighted by Gasteiger charge is -1.98. The van der Waals surface area contributed by atoms with Crippen molar-refractivity contribution in [2.75, 3.05) is 13.1 Å². The molecule has 0 aromatic carbocycles. The Labute approximate surface area is 92.7 Å². The zero-order valence-electron chi connectivity index (χ0n) is 9.05. The zero-order valence-corrected chi connectivity index (χ0v) is 9.05. The SMILES string of the molecule is Cn1ccnc1-c1noc(C2CCNC2)n1. The minimum absolute atomic E-state index is 0.349. The fraction of sp³-hybridized carbons (Fsp3) is 0.500. The van der Waals surface area contributed by atoms with Crippen molar-refractivity contribution < 1.29 is 4.52 Å². The summed E-state index contributed by atoms with van der Waals surface area (Å²) < 4.78 is 7.15. The van der Waals surface area contributed by atoms with Crippen LogP contribution in [0, 0.1) is 0 Å². The molecule has 1 aliphatic heterocycles. The Morgan fingerprint density at radius 1 is 1.56 bits per heavy atom. The molecule has 0 spiro atoms. The molecular weight excluding hydrogens is 206 g/mol. The van der Waals surface area contributed by atoms with Crippen molar-refractivity contribution in [3.63, 3.8) is 0 Å². The molecule has 16 heavy (non-hydrogen) atoms. The van der Waals surface area contributed by atoms with Gasteiger partial charge in [0.1, 0.15) is 0 Å². The molecule has 2 aromatic rings. The van der Waals surface area contributed by atoms with Crippen LogP contribution in [0.5, 0.6) is 0 Å². The van der Waals surface area contributed by atoms with Crippen LogP contribution < -0.4 is 5.32 Å². The van der Waals surface area contributed by atoms with E-state index in [9.17, 15) is 0 Å². The Morgan fingerprint density at radius 2 is 2.50 bits per heavy atom. The highest BCUT2D eigenvalue weighted by molar-refractivity contribution is 5.42. The second-order valence-corrected chi connectivity index (χ2v) is 4.01. The van der Waals surface area contributed by atoms with Gasteiger partial charge >= 0.3 is 0 Å². The normalized spacial score (nSPS) is 20.4. The molecule has 1 saturated heterocycles. The first-order chi connectivity index (χ1) is 7.84. The van der Waals surface area contributed by atoms with Crippen LogP contribution in [0.1, 0.15) is 18.2 Å². The summed E-state index contributed by atoms with van der Waals surface area (Å²) in [5.41, 5.74) is 0. The van der Waals surface area contributed by atoms with Gasteiger partial charge in [-0.05, 0) is 13.0 Å². The first kappa shape index (κ1) is 9.53. The van der Waals surface area contributed by atoms with E-state index in [4.69, 9.17) is 4.52 Å². The summed E-state index contributed by atoms with van der Waals surface area (Å²) in [6.45, 7) is 1.94. The molecule has 0 radical (unpaired) electrons. The van der Waals surface area contributed by atoms with E-state index >= 15 is 0 Å². The molecule has 1 N–H and O–H groups in total. The summed E-state index contributed by atoms with van der Waals surface area (Å²) in [6, 6.07) is 0. The van der Waals surface area contributed by atoms with Gasteiger partial charge in [-0.2, -0.15) is 4.98 Å². The minimum atomic E-state index is 0.349. The maximum Gasteiger partial charge on any atom is 0.238 e. The van der Waals surface area contributed by atoms with E-state index in [1.54, 1.807) is 6.20 Å². The van der Waals surface area contributed by atoms with Gasteiger partial charge in [-0.15, -0.1) is 0 Å². The van der Waals surface area contributed by atoms with Crippen LogP contribution in [0.2, 0.25) is 0 Å². The quantitative estimate of drug-likeness (QED) is 0.798. The second kappa shape index (κ2) is 3.71. The number of nitrogens with zero attached hydrogens (tertiary/aromatic N) is 4. The van der Waals surface area contributed by atoms with Gasteiger partial charge in [0.15, 0.2) is 5.82 Å². The molecule has 0 saturated carbocycles. The van der Waals surface area contributed by atoms with Crippen molar-refractivity contribution in [1.82, 2.24) is 25.0 Å². The van der Waals surface area contributed by atoms with Gasteiger partial charge in [0.25, 0.3) is 0 Å². The van der Waals surface area contributed by atoms with E-state index in [1.807, 2.05) is 17.8 Å². The highest BCUT2D eigenvalue weighted by Gasteiger charge is 2.23. The number of hydrogen-bond acceptors (Lipinski definition) is 5. The van der Waals surface area contributed by atoms with E-state index in [-0.39, 0.29) is 0 Å². The van der Waals surface area contributed by atoms with Crippen LogP contribution in [0.3, 0.4) is 0 Å². The number of nitrogens with one attached hydrogen (secondary N) is 1. The van der Waals surface area contributed by atoms with Crippen LogP contribution in [0.15, 0.2) is 16.9 Å². The summed E-state index contributed by atoms with van der Waals surface area (Å²) in [7, 11) is 1.91. The fourth-order valence-corrected chi connectivity index (χ4v) is 1.94. The van der Waals surface area contributed by atoms with Crippen molar-refractivity contribution in [3.8, 4) is 11.6 Å².